The normalized spacial score (nSPS) is 20.4. The number of nitrogen functional groups attached to an aromatic ring is 1. The Labute approximate surface area is 144 Å². The number of nitrogens with zero attached hydrogens (tertiary/aromatic N) is 5. The molecule has 3 aromatic rings. The van der Waals surface area contributed by atoms with Gasteiger partial charge in [0.25, 0.3) is 5.91 Å². The highest BCUT2D eigenvalue weighted by Gasteiger charge is 2.36. The van der Waals surface area contributed by atoms with Crippen LogP contribution in [0.5, 0.6) is 0 Å². The molecule has 0 bridgehead atoms. The van der Waals surface area contributed by atoms with Crippen LogP contribution < -0.4 is 5.73 Å². The van der Waals surface area contributed by atoms with E-state index in [2.05, 4.69) is 10.1 Å². The Bertz CT molecular complexity index is 901. The van der Waals surface area contributed by atoms with E-state index in [0.29, 0.717) is 24.5 Å². The van der Waals surface area contributed by atoms with Crippen molar-refractivity contribution in [2.45, 2.75) is 25.1 Å². The molecule has 0 aliphatic carbocycles. The van der Waals surface area contributed by atoms with Gasteiger partial charge in [0.1, 0.15) is 11.5 Å². The summed E-state index contributed by atoms with van der Waals surface area (Å²) in [4.78, 5) is 19.1. The number of carbonyl (C=O) groups excluding carboxylic acids is 1. The fourth-order valence-corrected chi connectivity index (χ4v) is 3.37. The maximum absolute atomic E-state index is 13.1. The molecule has 1 fully saturated rings. The summed E-state index contributed by atoms with van der Waals surface area (Å²) in [6, 6.07) is 5.42. The number of pyridine rings is 1. The first-order valence-corrected chi connectivity index (χ1v) is 8.19. The van der Waals surface area contributed by atoms with Crippen LogP contribution in [0.4, 0.5) is 5.82 Å². The molecule has 0 spiro atoms. The van der Waals surface area contributed by atoms with Crippen LogP contribution in [0, 0.1) is 0 Å². The van der Waals surface area contributed by atoms with Crippen molar-refractivity contribution in [3.8, 4) is 0 Å². The molecule has 0 saturated carbocycles. The summed E-state index contributed by atoms with van der Waals surface area (Å²) in [5, 5.41) is 4.23. The predicted molar refractivity (Wildman–Crippen MR) is 92.1 cm³/mol. The molecule has 2 N–H and O–H groups in total. The zero-order chi connectivity index (χ0) is 17.4. The number of likely N-dealkylation sites (tertiary alicyclic amines) is 1. The second-order valence-corrected chi connectivity index (χ2v) is 6.28. The minimum atomic E-state index is -0.0136. The average molecular weight is 340 g/mol. The molecule has 1 saturated heterocycles. The topological polar surface area (TPSA) is 90.7 Å². The Kier molecular flexibility index (Phi) is 3.89. The van der Waals surface area contributed by atoms with Gasteiger partial charge in [0.05, 0.1) is 24.3 Å². The van der Waals surface area contributed by atoms with Gasteiger partial charge in [-0.25, -0.2) is 4.98 Å². The fourth-order valence-electron chi connectivity index (χ4n) is 3.37. The lowest BCUT2D eigenvalue weighted by Gasteiger charge is -2.24. The maximum atomic E-state index is 13.1. The molecule has 0 unspecified atom stereocenters. The van der Waals surface area contributed by atoms with Crippen molar-refractivity contribution in [1.29, 1.82) is 0 Å². The fraction of sp³-hybridized carbons (Fsp3) is 0.353. The quantitative estimate of drug-likeness (QED) is 0.766. The molecule has 130 valence electrons. The molecule has 8 heteroatoms. The molecule has 0 radical (unpaired) electrons. The van der Waals surface area contributed by atoms with Crippen molar-refractivity contribution in [2.24, 2.45) is 0 Å². The van der Waals surface area contributed by atoms with Gasteiger partial charge in [0, 0.05) is 38.4 Å². The zero-order valence-electron chi connectivity index (χ0n) is 13.9. The van der Waals surface area contributed by atoms with Crippen molar-refractivity contribution in [1.82, 2.24) is 24.1 Å². The Morgan fingerprint density at radius 1 is 1.36 bits per heavy atom. The van der Waals surface area contributed by atoms with Crippen molar-refractivity contribution in [3.05, 3.63) is 48.5 Å². The van der Waals surface area contributed by atoms with Gasteiger partial charge in [-0.2, -0.15) is 5.10 Å². The Morgan fingerprint density at radius 3 is 3.00 bits per heavy atom. The number of aromatic nitrogens is 4. The number of hydrogen-bond donors (Lipinski definition) is 1. The van der Waals surface area contributed by atoms with Crippen LogP contribution in [-0.2, 0) is 11.3 Å². The van der Waals surface area contributed by atoms with Crippen LogP contribution in [0.15, 0.2) is 43.0 Å². The largest absolute Gasteiger partial charge is 0.382 e. The summed E-state index contributed by atoms with van der Waals surface area (Å²) < 4.78 is 9.12. The first-order chi connectivity index (χ1) is 12.1. The highest BCUT2D eigenvalue weighted by Crippen LogP contribution is 2.24. The second kappa shape index (κ2) is 6.21. The third-order valence-electron chi connectivity index (χ3n) is 4.67. The molecule has 0 aromatic carbocycles. The molecule has 1 amide bonds. The van der Waals surface area contributed by atoms with E-state index in [1.165, 1.54) is 0 Å². The zero-order valence-corrected chi connectivity index (χ0v) is 13.9. The molecule has 2 atom stereocenters. The van der Waals surface area contributed by atoms with Crippen LogP contribution >= 0.6 is 0 Å². The van der Waals surface area contributed by atoms with E-state index in [9.17, 15) is 4.79 Å². The van der Waals surface area contributed by atoms with Crippen LogP contribution in [-0.4, -0.2) is 55.8 Å². The van der Waals surface area contributed by atoms with Crippen molar-refractivity contribution in [2.75, 3.05) is 19.4 Å². The van der Waals surface area contributed by atoms with Gasteiger partial charge in [0.15, 0.2) is 0 Å². The lowest BCUT2D eigenvalue weighted by molar-refractivity contribution is 0.0678. The minimum Gasteiger partial charge on any atom is -0.382 e. The molecule has 8 nitrogen and oxygen atoms in total. The van der Waals surface area contributed by atoms with Crippen molar-refractivity contribution >= 4 is 17.4 Å². The monoisotopic (exact) mass is 340 g/mol. The third-order valence-corrected chi connectivity index (χ3v) is 4.67. The highest BCUT2D eigenvalue weighted by molar-refractivity contribution is 5.94. The summed E-state index contributed by atoms with van der Waals surface area (Å²) >= 11 is 0. The van der Waals surface area contributed by atoms with E-state index in [1.54, 1.807) is 24.1 Å². The summed E-state index contributed by atoms with van der Waals surface area (Å²) in [6.45, 7) is 1.16. The number of fused-ring (bicyclic) bond motifs is 1. The smallest absolute Gasteiger partial charge is 0.255 e. The number of amides is 1. The van der Waals surface area contributed by atoms with E-state index in [0.717, 1.165) is 12.1 Å². The molecular formula is C17H20N6O2. The number of methoxy groups -OCH3 is 1. The molecule has 4 rings (SSSR count). The Hall–Kier alpha value is -2.87. The van der Waals surface area contributed by atoms with Gasteiger partial charge in [0.2, 0.25) is 0 Å². The van der Waals surface area contributed by atoms with Crippen LogP contribution in [0.2, 0.25) is 0 Å². The summed E-state index contributed by atoms with van der Waals surface area (Å²) in [7, 11) is 1.68. The number of carbonyl (C=O) groups is 1. The average Bonchev–Trinajstić information content (AvgIpc) is 3.33. The Balaban J connectivity index is 1.59. The van der Waals surface area contributed by atoms with Gasteiger partial charge >= 0.3 is 0 Å². The molecule has 1 aliphatic heterocycles. The predicted octanol–water partition coefficient (Wildman–Crippen LogP) is 1.04. The van der Waals surface area contributed by atoms with Gasteiger partial charge in [-0.1, -0.05) is 0 Å². The van der Waals surface area contributed by atoms with Crippen LogP contribution in [0.3, 0.4) is 0 Å². The maximum Gasteiger partial charge on any atom is 0.255 e. The number of imidazole rings is 1. The second-order valence-electron chi connectivity index (χ2n) is 6.28. The van der Waals surface area contributed by atoms with E-state index in [-0.39, 0.29) is 18.1 Å². The van der Waals surface area contributed by atoms with Gasteiger partial charge in [-0.3, -0.25) is 9.48 Å². The van der Waals surface area contributed by atoms with Crippen molar-refractivity contribution in [3.63, 3.8) is 0 Å². The molecular weight excluding hydrogens is 320 g/mol. The third kappa shape index (κ3) is 2.96. The summed E-state index contributed by atoms with van der Waals surface area (Å²) in [5.41, 5.74) is 7.14. The lowest BCUT2D eigenvalue weighted by atomic mass is 10.2. The van der Waals surface area contributed by atoms with Crippen LogP contribution in [0.1, 0.15) is 16.8 Å². The lowest BCUT2D eigenvalue weighted by Crippen LogP contribution is -2.38. The van der Waals surface area contributed by atoms with Crippen molar-refractivity contribution < 1.29 is 9.53 Å². The molecule has 3 aromatic heterocycles. The van der Waals surface area contributed by atoms with E-state index in [1.807, 2.05) is 40.0 Å². The standard InChI is InChI=1S/C17H20N6O2/c1-25-14-8-13(10-22-6-4-15(18)20-22)23(11-14)17(24)12-2-3-16-19-5-7-21(16)9-12/h2-7,9,13-14H,8,10-11H2,1H3,(H2,18,20)/t13-,14+/m0/s1. The van der Waals surface area contributed by atoms with E-state index in [4.69, 9.17) is 10.5 Å². The Morgan fingerprint density at radius 2 is 2.24 bits per heavy atom. The summed E-state index contributed by atoms with van der Waals surface area (Å²) in [5.74, 6) is 0.463. The first kappa shape index (κ1) is 15.6. The van der Waals surface area contributed by atoms with E-state index >= 15 is 0 Å². The highest BCUT2D eigenvalue weighted by atomic mass is 16.5. The summed E-state index contributed by atoms with van der Waals surface area (Å²) in [6.07, 6.45) is 7.99. The minimum absolute atomic E-state index is 0.00948. The number of ether oxygens (including phenoxy) is 1. The molecule has 25 heavy (non-hydrogen) atoms. The number of nitrogens with two attached hydrogens (primary N) is 1. The molecule has 4 heterocycles. The first-order valence-electron chi connectivity index (χ1n) is 8.19. The van der Waals surface area contributed by atoms with Crippen LogP contribution in [0.25, 0.3) is 5.65 Å². The van der Waals surface area contributed by atoms with E-state index < -0.39 is 0 Å². The molecule has 1 aliphatic rings. The van der Waals surface area contributed by atoms with Gasteiger partial charge in [-0.15, -0.1) is 0 Å². The number of rotatable bonds is 4. The van der Waals surface area contributed by atoms with Gasteiger partial charge < -0.3 is 19.8 Å². The number of anilines is 1. The number of hydrogen-bond acceptors (Lipinski definition) is 5. The van der Waals surface area contributed by atoms with Gasteiger partial charge in [-0.05, 0) is 24.6 Å². The SMILES string of the molecule is CO[C@@H]1C[C@@H](Cn2ccc(N)n2)N(C(=O)c2ccc3nccn3c2)C1.